The molecule has 106 valence electrons. The fourth-order valence-corrected chi connectivity index (χ4v) is 1.75. The molecule has 0 radical (unpaired) electrons. The SMILES string of the molecule is Cc1ccc(OCC(=O)Oc2ccccc2C#N)cc1C. The van der Waals surface area contributed by atoms with Crippen LogP contribution in [0.2, 0.25) is 0 Å². The van der Waals surface area contributed by atoms with E-state index in [2.05, 4.69) is 0 Å². The highest BCUT2D eigenvalue weighted by atomic mass is 16.6. The molecule has 0 heterocycles. The molecule has 0 aromatic heterocycles. The minimum absolute atomic E-state index is 0.206. The number of hydrogen-bond acceptors (Lipinski definition) is 4. The van der Waals surface area contributed by atoms with E-state index >= 15 is 0 Å². The lowest BCUT2D eigenvalue weighted by molar-refractivity contribution is -0.136. The molecule has 0 fully saturated rings. The molecule has 0 aliphatic heterocycles. The number of nitrogens with zero attached hydrogens (tertiary/aromatic N) is 1. The van der Waals surface area contributed by atoms with Gasteiger partial charge in [-0.25, -0.2) is 4.79 Å². The van der Waals surface area contributed by atoms with Gasteiger partial charge >= 0.3 is 5.97 Å². The summed E-state index contributed by atoms with van der Waals surface area (Å²) in [4.78, 5) is 11.7. The van der Waals surface area contributed by atoms with Gasteiger partial charge in [0.25, 0.3) is 0 Å². The first-order chi connectivity index (χ1) is 10.1. The molecule has 0 aliphatic rings. The number of rotatable bonds is 4. The quantitative estimate of drug-likeness (QED) is 0.638. The molecule has 0 spiro atoms. The second-order valence-electron chi connectivity index (χ2n) is 4.62. The van der Waals surface area contributed by atoms with Crippen molar-refractivity contribution < 1.29 is 14.3 Å². The molecule has 0 unspecified atom stereocenters. The lowest BCUT2D eigenvalue weighted by Crippen LogP contribution is -2.18. The highest BCUT2D eigenvalue weighted by Gasteiger charge is 2.09. The number of nitriles is 1. The van der Waals surface area contributed by atoms with Crippen LogP contribution in [0.3, 0.4) is 0 Å². The highest BCUT2D eigenvalue weighted by Crippen LogP contribution is 2.18. The van der Waals surface area contributed by atoms with E-state index in [1.54, 1.807) is 30.3 Å². The van der Waals surface area contributed by atoms with Gasteiger partial charge in [0.2, 0.25) is 0 Å². The van der Waals surface area contributed by atoms with Crippen LogP contribution in [0.5, 0.6) is 11.5 Å². The molecule has 0 saturated carbocycles. The summed E-state index contributed by atoms with van der Waals surface area (Å²) >= 11 is 0. The Labute approximate surface area is 123 Å². The van der Waals surface area contributed by atoms with E-state index in [4.69, 9.17) is 14.7 Å². The maximum absolute atomic E-state index is 11.7. The number of carbonyl (C=O) groups excluding carboxylic acids is 1. The Kier molecular flexibility index (Phi) is 4.57. The summed E-state index contributed by atoms with van der Waals surface area (Å²) in [6, 6.07) is 14.2. The third-order valence-electron chi connectivity index (χ3n) is 3.07. The molecule has 21 heavy (non-hydrogen) atoms. The molecular weight excluding hydrogens is 266 g/mol. The number of aryl methyl sites for hydroxylation is 2. The van der Waals surface area contributed by atoms with Crippen molar-refractivity contribution in [3.05, 3.63) is 59.2 Å². The molecule has 0 bridgehead atoms. The lowest BCUT2D eigenvalue weighted by atomic mass is 10.1. The number of ether oxygens (including phenoxy) is 2. The summed E-state index contributed by atoms with van der Waals surface area (Å²) in [5.41, 5.74) is 2.57. The van der Waals surface area contributed by atoms with E-state index in [0.29, 0.717) is 11.3 Å². The van der Waals surface area contributed by atoms with E-state index in [-0.39, 0.29) is 12.4 Å². The molecule has 0 aliphatic carbocycles. The minimum atomic E-state index is -0.545. The van der Waals surface area contributed by atoms with Crippen LogP contribution in [0.4, 0.5) is 0 Å². The average Bonchev–Trinajstić information content (AvgIpc) is 2.49. The van der Waals surface area contributed by atoms with Crippen LogP contribution in [-0.2, 0) is 4.79 Å². The Bertz CT molecular complexity index is 701. The topological polar surface area (TPSA) is 59.3 Å². The second kappa shape index (κ2) is 6.58. The lowest BCUT2D eigenvalue weighted by Gasteiger charge is -2.09. The summed E-state index contributed by atoms with van der Waals surface area (Å²) in [5, 5.41) is 8.92. The number of carbonyl (C=O) groups is 1. The summed E-state index contributed by atoms with van der Waals surface area (Å²) in [7, 11) is 0. The van der Waals surface area contributed by atoms with Gasteiger partial charge in [-0.05, 0) is 49.2 Å². The molecule has 4 nitrogen and oxygen atoms in total. The van der Waals surface area contributed by atoms with E-state index < -0.39 is 5.97 Å². The van der Waals surface area contributed by atoms with Crippen molar-refractivity contribution in [2.45, 2.75) is 13.8 Å². The van der Waals surface area contributed by atoms with Gasteiger partial charge in [-0.1, -0.05) is 18.2 Å². The molecule has 0 N–H and O–H groups in total. The van der Waals surface area contributed by atoms with Crippen molar-refractivity contribution in [1.29, 1.82) is 5.26 Å². The van der Waals surface area contributed by atoms with Gasteiger partial charge in [0.05, 0.1) is 5.56 Å². The Morgan fingerprint density at radius 3 is 2.62 bits per heavy atom. The van der Waals surface area contributed by atoms with Crippen LogP contribution < -0.4 is 9.47 Å². The maximum atomic E-state index is 11.7. The Morgan fingerprint density at radius 1 is 1.14 bits per heavy atom. The smallest absolute Gasteiger partial charge is 0.349 e. The monoisotopic (exact) mass is 281 g/mol. The molecule has 0 saturated heterocycles. The Balaban J connectivity index is 1.96. The fraction of sp³-hybridized carbons (Fsp3) is 0.176. The van der Waals surface area contributed by atoms with Crippen molar-refractivity contribution in [2.75, 3.05) is 6.61 Å². The zero-order valence-electron chi connectivity index (χ0n) is 11.9. The van der Waals surface area contributed by atoms with E-state index in [9.17, 15) is 4.79 Å². The standard InChI is InChI=1S/C17H15NO3/c1-12-7-8-15(9-13(12)2)20-11-17(19)21-16-6-4-3-5-14(16)10-18/h3-9H,11H2,1-2H3. The zero-order valence-corrected chi connectivity index (χ0v) is 11.9. The Morgan fingerprint density at radius 2 is 1.90 bits per heavy atom. The Hall–Kier alpha value is -2.80. The molecule has 0 atom stereocenters. The number of esters is 1. The molecule has 2 aromatic carbocycles. The second-order valence-corrected chi connectivity index (χ2v) is 4.62. The van der Waals surface area contributed by atoms with Crippen molar-refractivity contribution in [1.82, 2.24) is 0 Å². The zero-order chi connectivity index (χ0) is 15.2. The predicted octanol–water partition coefficient (Wildman–Crippen LogP) is 3.16. The number of hydrogen-bond donors (Lipinski definition) is 0. The maximum Gasteiger partial charge on any atom is 0.349 e. The minimum Gasteiger partial charge on any atom is -0.482 e. The van der Waals surface area contributed by atoms with Gasteiger partial charge in [0, 0.05) is 0 Å². The molecule has 0 amide bonds. The average molecular weight is 281 g/mol. The van der Waals surface area contributed by atoms with E-state index in [1.165, 1.54) is 0 Å². The van der Waals surface area contributed by atoms with Crippen molar-refractivity contribution in [2.24, 2.45) is 0 Å². The van der Waals surface area contributed by atoms with Crippen LogP contribution in [0.25, 0.3) is 0 Å². The van der Waals surface area contributed by atoms with Crippen molar-refractivity contribution in [3.63, 3.8) is 0 Å². The van der Waals surface area contributed by atoms with Crippen molar-refractivity contribution >= 4 is 5.97 Å². The number of benzene rings is 2. The van der Waals surface area contributed by atoms with Gasteiger partial charge in [-0.2, -0.15) is 5.26 Å². The molecular formula is C17H15NO3. The highest BCUT2D eigenvalue weighted by molar-refractivity contribution is 5.74. The molecule has 2 aromatic rings. The van der Waals surface area contributed by atoms with Gasteiger partial charge in [-0.15, -0.1) is 0 Å². The summed E-state index contributed by atoms with van der Waals surface area (Å²) in [6.07, 6.45) is 0. The fourth-order valence-electron chi connectivity index (χ4n) is 1.75. The predicted molar refractivity (Wildman–Crippen MR) is 78.2 cm³/mol. The molecule has 4 heteroatoms. The number of para-hydroxylation sites is 1. The third kappa shape index (κ3) is 3.83. The first kappa shape index (κ1) is 14.6. The van der Waals surface area contributed by atoms with Crippen LogP contribution in [0.1, 0.15) is 16.7 Å². The van der Waals surface area contributed by atoms with Crippen molar-refractivity contribution in [3.8, 4) is 17.6 Å². The van der Waals surface area contributed by atoms with Crippen LogP contribution >= 0.6 is 0 Å². The van der Waals surface area contributed by atoms with Crippen LogP contribution in [0, 0.1) is 25.2 Å². The summed E-state index contributed by atoms with van der Waals surface area (Å²) < 4.78 is 10.5. The van der Waals surface area contributed by atoms with E-state index in [0.717, 1.165) is 11.1 Å². The van der Waals surface area contributed by atoms with Gasteiger partial charge in [-0.3, -0.25) is 0 Å². The normalized spacial score (nSPS) is 9.76. The summed E-state index contributed by atoms with van der Waals surface area (Å²) in [6.45, 7) is 3.78. The summed E-state index contributed by atoms with van der Waals surface area (Å²) in [5.74, 6) is 0.313. The first-order valence-electron chi connectivity index (χ1n) is 6.50. The van der Waals surface area contributed by atoms with Crippen LogP contribution in [0.15, 0.2) is 42.5 Å². The van der Waals surface area contributed by atoms with Gasteiger partial charge in [0.1, 0.15) is 17.6 Å². The molecule has 2 rings (SSSR count). The van der Waals surface area contributed by atoms with Gasteiger partial charge in [0.15, 0.2) is 6.61 Å². The van der Waals surface area contributed by atoms with Gasteiger partial charge < -0.3 is 9.47 Å². The van der Waals surface area contributed by atoms with E-state index in [1.807, 2.05) is 32.0 Å². The first-order valence-corrected chi connectivity index (χ1v) is 6.50. The van der Waals surface area contributed by atoms with Crippen LogP contribution in [-0.4, -0.2) is 12.6 Å². The largest absolute Gasteiger partial charge is 0.482 e. The third-order valence-corrected chi connectivity index (χ3v) is 3.07.